The van der Waals surface area contributed by atoms with Gasteiger partial charge in [0, 0.05) is 78.5 Å². The van der Waals surface area contributed by atoms with Crippen LogP contribution in [0.4, 0.5) is 0 Å². The molecule has 27 heteroatoms. The molecule has 0 unspecified atom stereocenters. The third kappa shape index (κ3) is 16.3. The molecule has 22 nitrogen and oxygen atoms in total. The van der Waals surface area contributed by atoms with Gasteiger partial charge in [0.25, 0.3) is 0 Å². The average molecular weight is 913 g/mol. The standard InChI is InChI=1S/C39H64B5N13O9/c1-45-25-15-50(2)19-29(25)56(38(65)13-43)23-31(58)46-6-9-55(37(64)12-42)22-34(61)49-27-17-52(4)20-30(27)57(39(66)14-44)24-32(59)47-7-8-54(36(63)11-41)21-33(60)48-26-16-51(3)18-28(26)53(5)35(62)10-40/h25-30,45H,6-24H2,1-5H3,(H,46,58)(H,47,59)(H,48,60)(H,49,61)/t25-,26-,27-,28-,29-,30-/m0/s1. The highest BCUT2D eigenvalue weighted by atomic mass is 16.2. The van der Waals surface area contributed by atoms with E-state index in [2.05, 4.69) is 26.6 Å². The summed E-state index contributed by atoms with van der Waals surface area (Å²) >= 11 is 0. The molecule has 3 saturated heterocycles. The van der Waals surface area contributed by atoms with Crippen LogP contribution >= 0.6 is 0 Å². The molecule has 10 radical (unpaired) electrons. The number of nitrogens with zero attached hydrogens (tertiary/aromatic N) is 8. The van der Waals surface area contributed by atoms with Crippen molar-refractivity contribution in [3.63, 3.8) is 0 Å². The zero-order valence-electron chi connectivity index (χ0n) is 39.0. The van der Waals surface area contributed by atoms with Crippen LogP contribution in [0.2, 0.25) is 31.6 Å². The highest BCUT2D eigenvalue weighted by molar-refractivity contribution is 6.21. The van der Waals surface area contributed by atoms with Gasteiger partial charge in [-0.3, -0.25) is 43.2 Å². The maximum atomic E-state index is 13.5. The topological polar surface area (TPSA) is 240 Å². The molecule has 6 atom stereocenters. The van der Waals surface area contributed by atoms with Gasteiger partial charge in [-0.05, 0) is 59.8 Å². The Morgan fingerprint density at radius 1 is 0.470 bits per heavy atom. The molecule has 0 aromatic heterocycles. The van der Waals surface area contributed by atoms with Gasteiger partial charge in [0.2, 0.25) is 53.2 Å². The third-order valence-electron chi connectivity index (χ3n) is 12.1. The maximum absolute atomic E-state index is 13.5. The number of carbonyl (C=O) groups excluding carboxylic acids is 9. The van der Waals surface area contributed by atoms with E-state index in [1.165, 1.54) is 24.5 Å². The van der Waals surface area contributed by atoms with Gasteiger partial charge in [-0.15, -0.1) is 0 Å². The predicted molar refractivity (Wildman–Crippen MR) is 249 cm³/mol. The summed E-state index contributed by atoms with van der Waals surface area (Å²) in [7, 11) is 37.2. The first kappa shape index (κ1) is 55.7. The molecule has 66 heavy (non-hydrogen) atoms. The number of amides is 9. The molecule has 354 valence electrons. The first-order valence-electron chi connectivity index (χ1n) is 22.1. The van der Waals surface area contributed by atoms with Crippen LogP contribution in [0.5, 0.6) is 0 Å². The first-order chi connectivity index (χ1) is 31.3. The van der Waals surface area contributed by atoms with Gasteiger partial charge < -0.3 is 65.8 Å². The van der Waals surface area contributed by atoms with Crippen LogP contribution in [-0.2, 0) is 43.2 Å². The van der Waals surface area contributed by atoms with Crippen molar-refractivity contribution in [3.8, 4) is 0 Å². The third-order valence-corrected chi connectivity index (χ3v) is 12.1. The molecule has 0 aromatic rings. The van der Waals surface area contributed by atoms with Gasteiger partial charge in [-0.2, -0.15) is 0 Å². The summed E-state index contributed by atoms with van der Waals surface area (Å²) in [5, 5.41) is 14.3. The lowest BCUT2D eigenvalue weighted by Gasteiger charge is -2.33. The van der Waals surface area contributed by atoms with Crippen LogP contribution in [0, 0.1) is 0 Å². The number of hydrogen-bond donors (Lipinski definition) is 5. The van der Waals surface area contributed by atoms with E-state index in [1.807, 2.05) is 28.8 Å². The first-order valence-corrected chi connectivity index (χ1v) is 22.1. The summed E-state index contributed by atoms with van der Waals surface area (Å²) in [6.07, 6.45) is -1.70. The Labute approximate surface area is 395 Å². The van der Waals surface area contributed by atoms with Gasteiger partial charge in [0.15, 0.2) is 0 Å². The van der Waals surface area contributed by atoms with E-state index in [1.54, 1.807) is 21.1 Å². The molecule has 0 saturated carbocycles. The van der Waals surface area contributed by atoms with E-state index in [4.69, 9.17) is 39.2 Å². The second-order valence-electron chi connectivity index (χ2n) is 17.0. The van der Waals surface area contributed by atoms with Crippen molar-refractivity contribution < 1.29 is 43.2 Å². The van der Waals surface area contributed by atoms with Crippen molar-refractivity contribution in [1.29, 1.82) is 0 Å². The Bertz CT molecular complexity index is 1730. The quantitative estimate of drug-likeness (QED) is 0.0536. The molecule has 0 spiro atoms. The molecule has 3 fully saturated rings. The van der Waals surface area contributed by atoms with Crippen molar-refractivity contribution in [2.75, 3.05) is 127 Å². The molecule has 5 N–H and O–H groups in total. The fraction of sp³-hybridized carbons (Fsp3) is 0.769. The van der Waals surface area contributed by atoms with Crippen molar-refractivity contribution in [3.05, 3.63) is 0 Å². The summed E-state index contributed by atoms with van der Waals surface area (Å²) in [5.74, 6) is -4.49. The number of hydrogen-bond acceptors (Lipinski definition) is 13. The molecule has 0 aliphatic carbocycles. The zero-order chi connectivity index (χ0) is 49.2. The van der Waals surface area contributed by atoms with E-state index in [9.17, 15) is 43.2 Å². The minimum absolute atomic E-state index is 0.0497. The van der Waals surface area contributed by atoms with Gasteiger partial charge in [-0.1, -0.05) is 0 Å². The van der Waals surface area contributed by atoms with Crippen molar-refractivity contribution in [2.24, 2.45) is 0 Å². The Morgan fingerprint density at radius 3 is 1.20 bits per heavy atom. The van der Waals surface area contributed by atoms with Crippen LogP contribution in [0.25, 0.3) is 0 Å². The maximum Gasteiger partial charge on any atom is 0.239 e. The summed E-state index contributed by atoms with van der Waals surface area (Å²) < 4.78 is 0. The predicted octanol–water partition coefficient (Wildman–Crippen LogP) is -7.57. The number of rotatable bonds is 25. The second-order valence-corrected chi connectivity index (χ2v) is 17.0. The highest BCUT2D eigenvalue weighted by Crippen LogP contribution is 2.19. The number of carbonyl (C=O) groups is 9. The van der Waals surface area contributed by atoms with Gasteiger partial charge >= 0.3 is 0 Å². The minimum atomic E-state index is -0.711. The molecule has 3 aliphatic heterocycles. The molecule has 0 aromatic carbocycles. The molecular formula is C39H64B5N13O9. The van der Waals surface area contributed by atoms with Gasteiger partial charge in [0.1, 0.15) is 0 Å². The lowest BCUT2D eigenvalue weighted by Crippen LogP contribution is -2.57. The van der Waals surface area contributed by atoms with Crippen LogP contribution < -0.4 is 26.6 Å². The Morgan fingerprint density at radius 2 is 0.818 bits per heavy atom. The van der Waals surface area contributed by atoms with E-state index in [-0.39, 0.29) is 94.9 Å². The lowest BCUT2D eigenvalue weighted by atomic mass is 10.0. The average Bonchev–Trinajstić information content (AvgIpc) is 3.98. The summed E-state index contributed by atoms with van der Waals surface area (Å²) in [6.45, 7) is 0.925. The van der Waals surface area contributed by atoms with Crippen LogP contribution in [0.3, 0.4) is 0 Å². The van der Waals surface area contributed by atoms with Crippen molar-refractivity contribution in [1.82, 2.24) is 65.8 Å². The van der Waals surface area contributed by atoms with Gasteiger partial charge in [-0.25, -0.2) is 0 Å². The molecule has 9 amide bonds. The number of likely N-dealkylation sites (tertiary alicyclic amines) is 3. The van der Waals surface area contributed by atoms with Crippen LogP contribution in [-0.4, -0.2) is 295 Å². The largest absolute Gasteiger partial charge is 0.353 e. The highest BCUT2D eigenvalue weighted by Gasteiger charge is 2.40. The normalized spacial score (nSPS) is 22.0. The smallest absolute Gasteiger partial charge is 0.239 e. The van der Waals surface area contributed by atoms with Crippen LogP contribution in [0.15, 0.2) is 0 Å². The zero-order valence-corrected chi connectivity index (χ0v) is 39.0. The van der Waals surface area contributed by atoms with E-state index >= 15 is 0 Å². The summed E-state index contributed by atoms with van der Waals surface area (Å²) in [6, 6.07) is -2.52. The molecule has 3 heterocycles. The van der Waals surface area contributed by atoms with Crippen molar-refractivity contribution >= 4 is 92.4 Å². The second kappa shape index (κ2) is 27.3. The fourth-order valence-corrected chi connectivity index (χ4v) is 8.65. The summed E-state index contributed by atoms with van der Waals surface area (Å²) in [4.78, 5) is 129. The van der Waals surface area contributed by atoms with E-state index in [0.717, 1.165) is 0 Å². The molecular weight excluding hydrogens is 849 g/mol. The lowest BCUT2D eigenvalue weighted by molar-refractivity contribution is -0.138. The SMILES string of the molecule is [B]CC(=O)N(CCNC(=O)CN(C(=O)C[B])[C@H]1CN(C)C[C@@H]1NC(=O)CN(CCNC(=O)CN(C(=O)C[B])[C@H]1CN(C)C[C@@H]1NC)C(=O)C[B])CC(=O)N[C@H]1CN(C)C[C@@H]1N(C)C(=O)C[B]. The Kier molecular flexibility index (Phi) is 23.0. The van der Waals surface area contributed by atoms with E-state index in [0.29, 0.717) is 26.2 Å². The fourth-order valence-electron chi connectivity index (χ4n) is 8.65. The number of likely N-dealkylation sites (N-methyl/N-ethyl adjacent to an activating group) is 5. The molecule has 3 aliphatic rings. The molecule has 0 bridgehead atoms. The van der Waals surface area contributed by atoms with Gasteiger partial charge in [0.05, 0.1) is 95.6 Å². The van der Waals surface area contributed by atoms with Crippen molar-refractivity contribution in [2.45, 2.75) is 67.9 Å². The molecule has 3 rings (SSSR count). The Hall–Kier alpha value is -4.61. The minimum Gasteiger partial charge on any atom is -0.353 e. The summed E-state index contributed by atoms with van der Waals surface area (Å²) in [5.41, 5.74) is 0. The van der Waals surface area contributed by atoms with E-state index < -0.39 is 91.5 Å². The van der Waals surface area contributed by atoms with Crippen LogP contribution in [0.1, 0.15) is 0 Å². The Balaban J connectivity index is 1.58. The monoisotopic (exact) mass is 914 g/mol. The number of nitrogens with one attached hydrogen (secondary N) is 5.